The normalized spacial score (nSPS) is 10.3. The molecule has 2 aromatic rings. The van der Waals surface area contributed by atoms with E-state index < -0.39 is 5.82 Å². The number of carbonyl (C=O) groups is 1. The molecule has 0 saturated carbocycles. The van der Waals surface area contributed by atoms with Gasteiger partial charge in [0, 0.05) is 10.9 Å². The van der Waals surface area contributed by atoms with Crippen LogP contribution in [0.4, 0.5) is 4.39 Å². The molecule has 0 saturated heterocycles. The molecule has 19 heavy (non-hydrogen) atoms. The number of carbonyl (C=O) groups excluding carboxylic acids is 1. The number of aryl methyl sites for hydroxylation is 1. The molecule has 1 amide bonds. The number of nitrogens with zero attached hydrogens (tertiary/aromatic N) is 1. The van der Waals surface area contributed by atoms with Gasteiger partial charge in [0.05, 0.1) is 24.4 Å². The number of thiazole rings is 1. The molecule has 0 aliphatic carbocycles. The van der Waals surface area contributed by atoms with E-state index in [0.29, 0.717) is 6.54 Å². The lowest BCUT2D eigenvalue weighted by Crippen LogP contribution is -2.23. The van der Waals surface area contributed by atoms with Gasteiger partial charge in [-0.1, -0.05) is 0 Å². The molecule has 1 aromatic carbocycles. The molecule has 100 valence electrons. The second-order valence-electron chi connectivity index (χ2n) is 3.89. The lowest BCUT2D eigenvalue weighted by atomic mass is 10.2. The van der Waals surface area contributed by atoms with E-state index in [9.17, 15) is 9.18 Å². The number of ether oxygens (including phenoxy) is 1. The number of hydrogen-bond donors (Lipinski definition) is 1. The van der Waals surface area contributed by atoms with E-state index in [0.717, 1.165) is 16.8 Å². The van der Waals surface area contributed by atoms with Gasteiger partial charge in [-0.3, -0.25) is 4.79 Å². The highest BCUT2D eigenvalue weighted by Crippen LogP contribution is 2.17. The smallest absolute Gasteiger partial charge is 0.251 e. The van der Waals surface area contributed by atoms with Crippen LogP contribution in [-0.4, -0.2) is 18.0 Å². The number of rotatable bonds is 4. The zero-order valence-electron chi connectivity index (χ0n) is 10.6. The molecule has 0 fully saturated rings. The molecule has 4 nitrogen and oxygen atoms in total. The van der Waals surface area contributed by atoms with Gasteiger partial charge in [0.25, 0.3) is 5.91 Å². The SMILES string of the molecule is COc1ccc(C(=O)NCc2csc(C)n2)cc1F. The fourth-order valence-corrected chi connectivity index (χ4v) is 2.18. The first-order valence-corrected chi connectivity index (χ1v) is 6.51. The van der Waals surface area contributed by atoms with Crippen molar-refractivity contribution in [3.05, 3.63) is 45.7 Å². The van der Waals surface area contributed by atoms with E-state index in [2.05, 4.69) is 10.3 Å². The maximum Gasteiger partial charge on any atom is 0.251 e. The lowest BCUT2D eigenvalue weighted by Gasteiger charge is -2.06. The molecule has 0 spiro atoms. The monoisotopic (exact) mass is 280 g/mol. The van der Waals surface area contributed by atoms with Crippen LogP contribution in [0, 0.1) is 12.7 Å². The number of methoxy groups -OCH3 is 1. The summed E-state index contributed by atoms with van der Waals surface area (Å²) in [5, 5.41) is 5.51. The van der Waals surface area contributed by atoms with Crippen molar-refractivity contribution >= 4 is 17.2 Å². The molecule has 0 bridgehead atoms. The third kappa shape index (κ3) is 3.29. The molecule has 6 heteroatoms. The summed E-state index contributed by atoms with van der Waals surface area (Å²) >= 11 is 1.52. The van der Waals surface area contributed by atoms with Crippen molar-refractivity contribution in [2.24, 2.45) is 0 Å². The number of aromatic nitrogens is 1. The van der Waals surface area contributed by atoms with Gasteiger partial charge in [-0.05, 0) is 25.1 Å². The second-order valence-corrected chi connectivity index (χ2v) is 4.95. The van der Waals surface area contributed by atoms with E-state index in [-0.39, 0.29) is 17.2 Å². The average molecular weight is 280 g/mol. The standard InChI is InChI=1S/C13H13FN2O2S/c1-8-16-10(7-19-8)6-15-13(17)9-3-4-12(18-2)11(14)5-9/h3-5,7H,6H2,1-2H3,(H,15,17). The Labute approximate surface area is 114 Å². The van der Waals surface area contributed by atoms with Gasteiger partial charge in [-0.2, -0.15) is 0 Å². The van der Waals surface area contributed by atoms with Gasteiger partial charge in [0.2, 0.25) is 0 Å². The Morgan fingerprint density at radius 2 is 2.32 bits per heavy atom. The third-order valence-corrected chi connectivity index (χ3v) is 3.33. The number of amides is 1. The number of benzene rings is 1. The molecular formula is C13H13FN2O2S. The average Bonchev–Trinajstić information content (AvgIpc) is 2.81. The zero-order chi connectivity index (χ0) is 13.8. The van der Waals surface area contributed by atoms with E-state index >= 15 is 0 Å². The van der Waals surface area contributed by atoms with Gasteiger partial charge in [-0.15, -0.1) is 11.3 Å². The van der Waals surface area contributed by atoms with Crippen LogP contribution in [0.2, 0.25) is 0 Å². The van der Waals surface area contributed by atoms with E-state index in [1.807, 2.05) is 12.3 Å². The maximum atomic E-state index is 13.5. The highest BCUT2D eigenvalue weighted by atomic mass is 32.1. The molecule has 2 rings (SSSR count). The molecular weight excluding hydrogens is 267 g/mol. The summed E-state index contributed by atoms with van der Waals surface area (Å²) in [5.74, 6) is -0.779. The Morgan fingerprint density at radius 3 is 2.89 bits per heavy atom. The maximum absolute atomic E-state index is 13.5. The van der Waals surface area contributed by atoms with Crippen molar-refractivity contribution in [3.63, 3.8) is 0 Å². The van der Waals surface area contributed by atoms with Crippen LogP contribution >= 0.6 is 11.3 Å². The van der Waals surface area contributed by atoms with Crippen molar-refractivity contribution in [1.82, 2.24) is 10.3 Å². The molecule has 1 aromatic heterocycles. The third-order valence-electron chi connectivity index (χ3n) is 2.51. The molecule has 1 N–H and O–H groups in total. The van der Waals surface area contributed by atoms with Crippen LogP contribution < -0.4 is 10.1 Å². The molecule has 0 aliphatic rings. The Balaban J connectivity index is 2.01. The summed E-state index contributed by atoms with van der Waals surface area (Å²) < 4.78 is 18.3. The minimum absolute atomic E-state index is 0.117. The minimum atomic E-state index is -0.556. The van der Waals surface area contributed by atoms with Crippen LogP contribution in [0.1, 0.15) is 21.1 Å². The highest BCUT2D eigenvalue weighted by molar-refractivity contribution is 7.09. The molecule has 0 unspecified atom stereocenters. The number of nitrogens with one attached hydrogen (secondary N) is 1. The first-order valence-electron chi connectivity index (χ1n) is 5.63. The Kier molecular flexibility index (Phi) is 4.11. The van der Waals surface area contributed by atoms with E-state index in [4.69, 9.17) is 4.74 Å². The first kappa shape index (κ1) is 13.5. The van der Waals surface area contributed by atoms with Gasteiger partial charge >= 0.3 is 0 Å². The Hall–Kier alpha value is -1.95. The van der Waals surface area contributed by atoms with Crippen LogP contribution in [-0.2, 0) is 6.54 Å². The van der Waals surface area contributed by atoms with Crippen molar-refractivity contribution in [1.29, 1.82) is 0 Å². The van der Waals surface area contributed by atoms with E-state index in [1.54, 1.807) is 0 Å². The lowest BCUT2D eigenvalue weighted by molar-refractivity contribution is 0.0950. The largest absolute Gasteiger partial charge is 0.494 e. The second kappa shape index (κ2) is 5.79. The fourth-order valence-electron chi connectivity index (χ4n) is 1.57. The Morgan fingerprint density at radius 1 is 1.53 bits per heavy atom. The summed E-state index contributed by atoms with van der Waals surface area (Å²) in [6.07, 6.45) is 0. The summed E-state index contributed by atoms with van der Waals surface area (Å²) in [5.41, 5.74) is 1.05. The summed E-state index contributed by atoms with van der Waals surface area (Å²) in [6, 6.07) is 4.10. The molecule has 1 heterocycles. The van der Waals surface area contributed by atoms with Crippen molar-refractivity contribution in [2.75, 3.05) is 7.11 Å². The van der Waals surface area contributed by atoms with Gasteiger partial charge in [0.15, 0.2) is 11.6 Å². The van der Waals surface area contributed by atoms with Gasteiger partial charge < -0.3 is 10.1 Å². The predicted octanol–water partition coefficient (Wildman–Crippen LogP) is 2.53. The van der Waals surface area contributed by atoms with Gasteiger partial charge in [-0.25, -0.2) is 9.37 Å². The minimum Gasteiger partial charge on any atom is -0.494 e. The summed E-state index contributed by atoms with van der Waals surface area (Å²) in [7, 11) is 1.38. The molecule has 0 radical (unpaired) electrons. The van der Waals surface area contributed by atoms with Crippen LogP contribution in [0.15, 0.2) is 23.6 Å². The van der Waals surface area contributed by atoms with Crippen LogP contribution in [0.5, 0.6) is 5.75 Å². The van der Waals surface area contributed by atoms with Gasteiger partial charge in [0.1, 0.15) is 0 Å². The molecule has 0 aliphatic heterocycles. The Bertz CT molecular complexity index is 598. The number of halogens is 1. The van der Waals surface area contributed by atoms with Crippen molar-refractivity contribution in [3.8, 4) is 5.75 Å². The van der Waals surface area contributed by atoms with E-state index in [1.165, 1.54) is 30.6 Å². The quantitative estimate of drug-likeness (QED) is 0.936. The molecule has 0 atom stereocenters. The van der Waals surface area contributed by atoms with Crippen molar-refractivity contribution in [2.45, 2.75) is 13.5 Å². The van der Waals surface area contributed by atoms with Crippen LogP contribution in [0.3, 0.4) is 0 Å². The zero-order valence-corrected chi connectivity index (χ0v) is 11.4. The summed E-state index contributed by atoms with van der Waals surface area (Å²) in [6.45, 7) is 2.23. The fraction of sp³-hybridized carbons (Fsp3) is 0.231. The number of hydrogen-bond acceptors (Lipinski definition) is 4. The topological polar surface area (TPSA) is 51.2 Å². The highest BCUT2D eigenvalue weighted by Gasteiger charge is 2.10. The summed E-state index contributed by atoms with van der Waals surface area (Å²) in [4.78, 5) is 16.1. The predicted molar refractivity (Wildman–Crippen MR) is 71.0 cm³/mol. The van der Waals surface area contributed by atoms with Crippen molar-refractivity contribution < 1.29 is 13.9 Å². The first-order chi connectivity index (χ1) is 9.10. The van der Waals surface area contributed by atoms with Crippen LogP contribution in [0.25, 0.3) is 0 Å².